The standard InChI is InChI=1S/C35H30FN3O6S2/c1-44-23-13-8-17(14-24(23)45-2)26-27-21-15-22(29-28(21)32(41)39(33(29)42)20-11-9-18(36)10-12-20)30(27)46-34-31(26)47-35(43)38(34)16-25(40)37-19-6-4-3-5-7-19/h3-14,21-22,26-30H,15-16H2,1-2H3,(H,37,40). The van der Waals surface area contributed by atoms with E-state index < -0.39 is 17.7 Å². The number of rotatable bonds is 7. The van der Waals surface area contributed by atoms with Crippen molar-refractivity contribution in [1.29, 1.82) is 0 Å². The van der Waals surface area contributed by atoms with Crippen molar-refractivity contribution in [2.24, 2.45) is 29.6 Å². The number of fused-ring (bicyclic) bond motifs is 9. The van der Waals surface area contributed by atoms with Crippen molar-refractivity contribution in [2.75, 3.05) is 24.4 Å². The molecule has 2 aliphatic heterocycles. The molecule has 7 atom stereocenters. The van der Waals surface area contributed by atoms with Crippen LogP contribution < -0.4 is 24.6 Å². The first-order valence-electron chi connectivity index (χ1n) is 15.4. The molecule has 1 saturated heterocycles. The zero-order chi connectivity index (χ0) is 32.6. The van der Waals surface area contributed by atoms with Gasteiger partial charge in [-0.15, -0.1) is 11.8 Å². The quantitative estimate of drug-likeness (QED) is 0.263. The van der Waals surface area contributed by atoms with Crippen LogP contribution >= 0.6 is 23.1 Å². The van der Waals surface area contributed by atoms with Crippen LogP contribution in [0.5, 0.6) is 11.5 Å². The molecule has 4 aromatic rings. The van der Waals surface area contributed by atoms with Crippen molar-refractivity contribution in [2.45, 2.75) is 29.2 Å². The van der Waals surface area contributed by atoms with Gasteiger partial charge in [0.05, 0.1) is 36.8 Å². The number of aromatic nitrogens is 1. The highest BCUT2D eigenvalue weighted by molar-refractivity contribution is 8.00. The summed E-state index contributed by atoms with van der Waals surface area (Å²) in [6.07, 6.45) is 0.712. The van der Waals surface area contributed by atoms with Crippen LogP contribution in [0.15, 0.2) is 82.6 Å². The fourth-order valence-corrected chi connectivity index (χ4v) is 11.5. The monoisotopic (exact) mass is 671 g/mol. The molecule has 3 fully saturated rings. The highest BCUT2D eigenvalue weighted by atomic mass is 32.2. The van der Waals surface area contributed by atoms with Crippen molar-refractivity contribution in [1.82, 2.24) is 4.57 Å². The van der Waals surface area contributed by atoms with E-state index in [1.54, 1.807) is 42.7 Å². The molecule has 2 aliphatic carbocycles. The van der Waals surface area contributed by atoms with E-state index in [1.165, 1.54) is 29.2 Å². The molecular weight excluding hydrogens is 642 g/mol. The molecule has 12 heteroatoms. The lowest BCUT2D eigenvalue weighted by Gasteiger charge is -2.43. The molecule has 3 heterocycles. The third-order valence-electron chi connectivity index (χ3n) is 10.2. The Kier molecular flexibility index (Phi) is 7.25. The summed E-state index contributed by atoms with van der Waals surface area (Å²) in [6, 6.07) is 20.3. The van der Waals surface area contributed by atoms with E-state index in [0.29, 0.717) is 29.3 Å². The summed E-state index contributed by atoms with van der Waals surface area (Å²) in [7, 11) is 3.14. The predicted octanol–water partition coefficient (Wildman–Crippen LogP) is 5.38. The maximum Gasteiger partial charge on any atom is 0.308 e. The number of para-hydroxylation sites is 1. The van der Waals surface area contributed by atoms with Gasteiger partial charge in [0.1, 0.15) is 12.4 Å². The van der Waals surface area contributed by atoms with Gasteiger partial charge in [0.25, 0.3) is 0 Å². The molecule has 2 saturated carbocycles. The fraction of sp³-hybridized carbons (Fsp3) is 0.314. The van der Waals surface area contributed by atoms with Crippen molar-refractivity contribution in [3.05, 3.63) is 98.7 Å². The predicted molar refractivity (Wildman–Crippen MR) is 176 cm³/mol. The third kappa shape index (κ3) is 4.63. The summed E-state index contributed by atoms with van der Waals surface area (Å²) in [5, 5.41) is 3.53. The first-order valence-corrected chi connectivity index (χ1v) is 17.1. The van der Waals surface area contributed by atoms with Gasteiger partial charge >= 0.3 is 4.87 Å². The Bertz CT molecular complexity index is 1980. The average molecular weight is 672 g/mol. The topological polar surface area (TPSA) is 107 Å². The Morgan fingerprint density at radius 2 is 1.62 bits per heavy atom. The smallest absolute Gasteiger partial charge is 0.308 e. The van der Waals surface area contributed by atoms with Gasteiger partial charge in [-0.1, -0.05) is 35.6 Å². The molecule has 47 heavy (non-hydrogen) atoms. The van der Waals surface area contributed by atoms with E-state index in [1.807, 2.05) is 36.4 Å². The number of benzene rings is 3. The molecule has 1 aromatic heterocycles. The van der Waals surface area contributed by atoms with Gasteiger partial charge in [-0.05, 0) is 78.3 Å². The van der Waals surface area contributed by atoms with Crippen LogP contribution in [0.25, 0.3) is 0 Å². The second-order valence-electron chi connectivity index (χ2n) is 12.4. The second-order valence-corrected chi connectivity index (χ2v) is 14.6. The summed E-state index contributed by atoms with van der Waals surface area (Å²) < 4.78 is 26.4. The van der Waals surface area contributed by atoms with Crippen molar-refractivity contribution < 1.29 is 28.2 Å². The third-order valence-corrected chi connectivity index (χ3v) is 13.0. The van der Waals surface area contributed by atoms with Crippen LogP contribution in [0, 0.1) is 35.4 Å². The maximum atomic E-state index is 14.0. The van der Waals surface area contributed by atoms with Gasteiger partial charge in [-0.25, -0.2) is 4.39 Å². The molecule has 4 aliphatic rings. The Morgan fingerprint density at radius 1 is 0.915 bits per heavy atom. The number of imide groups is 1. The number of amides is 3. The summed E-state index contributed by atoms with van der Waals surface area (Å²) >= 11 is 2.69. The van der Waals surface area contributed by atoms with Crippen LogP contribution in [0.3, 0.4) is 0 Å². The Balaban J connectivity index is 1.21. The average Bonchev–Trinajstić information content (AvgIpc) is 3.80. The Labute approximate surface area is 277 Å². The van der Waals surface area contributed by atoms with Crippen molar-refractivity contribution in [3.63, 3.8) is 0 Å². The lowest BCUT2D eigenvalue weighted by molar-refractivity contribution is -0.123. The molecule has 9 nitrogen and oxygen atoms in total. The SMILES string of the molecule is COc1ccc(C2c3sc(=O)n(CC(=O)Nc4ccccc4)c3SC3C4CC(C5C(=O)N(c6ccc(F)cc6)C(=O)C45)C23)cc1OC. The van der Waals surface area contributed by atoms with Crippen LogP contribution in [-0.4, -0.2) is 41.8 Å². The number of carbonyl (C=O) groups excluding carboxylic acids is 3. The number of hydrogen-bond acceptors (Lipinski definition) is 8. The maximum absolute atomic E-state index is 14.0. The first kappa shape index (κ1) is 29.9. The van der Waals surface area contributed by atoms with Crippen LogP contribution in [0.4, 0.5) is 15.8 Å². The van der Waals surface area contributed by atoms with Gasteiger partial charge < -0.3 is 14.8 Å². The number of carbonyl (C=O) groups is 3. The van der Waals surface area contributed by atoms with Crippen LogP contribution in [0.2, 0.25) is 0 Å². The van der Waals surface area contributed by atoms with Gasteiger partial charge in [0.15, 0.2) is 11.5 Å². The molecule has 3 amide bonds. The van der Waals surface area contributed by atoms with E-state index in [9.17, 15) is 23.6 Å². The highest BCUT2D eigenvalue weighted by Gasteiger charge is 2.69. The van der Waals surface area contributed by atoms with E-state index >= 15 is 0 Å². The zero-order valence-corrected chi connectivity index (χ0v) is 27.1. The number of thioether (sulfide) groups is 1. The number of anilines is 2. The minimum absolute atomic E-state index is 0.0496. The number of thiazole rings is 1. The van der Waals surface area contributed by atoms with Crippen molar-refractivity contribution in [3.8, 4) is 11.5 Å². The molecule has 1 N–H and O–H groups in total. The summed E-state index contributed by atoms with van der Waals surface area (Å²) in [4.78, 5) is 56.6. The van der Waals surface area contributed by atoms with Gasteiger partial charge in [0, 0.05) is 21.7 Å². The second kappa shape index (κ2) is 11.4. The van der Waals surface area contributed by atoms with E-state index in [2.05, 4.69) is 5.32 Å². The molecule has 240 valence electrons. The van der Waals surface area contributed by atoms with Gasteiger partial charge in [-0.2, -0.15) is 0 Å². The number of methoxy groups -OCH3 is 2. The normalized spacial score (nSPS) is 27.0. The van der Waals surface area contributed by atoms with Crippen molar-refractivity contribution >= 4 is 52.2 Å². The molecule has 0 radical (unpaired) electrons. The molecule has 3 aromatic carbocycles. The van der Waals surface area contributed by atoms with Crippen LogP contribution in [-0.2, 0) is 20.9 Å². The van der Waals surface area contributed by atoms with Crippen LogP contribution in [0.1, 0.15) is 22.8 Å². The fourth-order valence-electron chi connectivity index (χ4n) is 8.38. The molecular formula is C35H30FN3O6S2. The molecule has 2 bridgehead atoms. The molecule has 7 unspecified atom stereocenters. The summed E-state index contributed by atoms with van der Waals surface area (Å²) in [5.41, 5.74) is 1.93. The minimum Gasteiger partial charge on any atom is -0.493 e. The Hall–Kier alpha value is -4.42. The number of hydrogen-bond donors (Lipinski definition) is 1. The first-order chi connectivity index (χ1) is 22.8. The summed E-state index contributed by atoms with van der Waals surface area (Å²) in [6.45, 7) is -0.154. The number of ether oxygens (including phenoxy) is 2. The number of nitrogens with one attached hydrogen (secondary N) is 1. The van der Waals surface area contributed by atoms with Gasteiger partial charge in [-0.3, -0.25) is 28.6 Å². The summed E-state index contributed by atoms with van der Waals surface area (Å²) in [5.74, 6) is -1.68. The van der Waals surface area contributed by atoms with Gasteiger partial charge in [0.2, 0.25) is 17.7 Å². The zero-order valence-electron chi connectivity index (χ0n) is 25.4. The molecule has 8 rings (SSSR count). The Morgan fingerprint density at radius 3 is 2.32 bits per heavy atom. The number of nitrogens with zero attached hydrogens (tertiary/aromatic N) is 2. The highest BCUT2D eigenvalue weighted by Crippen LogP contribution is 2.69. The minimum atomic E-state index is -0.501. The number of halogens is 1. The van der Waals surface area contributed by atoms with E-state index in [-0.39, 0.29) is 58.1 Å². The lowest BCUT2D eigenvalue weighted by atomic mass is 9.68. The molecule has 0 spiro atoms. The largest absolute Gasteiger partial charge is 0.493 e. The van der Waals surface area contributed by atoms with E-state index in [0.717, 1.165) is 26.8 Å². The van der Waals surface area contributed by atoms with E-state index in [4.69, 9.17) is 9.47 Å². The lowest BCUT2D eigenvalue weighted by Crippen LogP contribution is -2.43.